The third-order valence-electron chi connectivity index (χ3n) is 7.15. The first-order valence-corrected chi connectivity index (χ1v) is 11.9. The molecule has 0 aromatic carbocycles. The van der Waals surface area contributed by atoms with Gasteiger partial charge in [0.25, 0.3) is 0 Å². The number of hydrogen-bond donors (Lipinski definition) is 0. The Balaban J connectivity index is 2.15. The Morgan fingerprint density at radius 1 is 1.13 bits per heavy atom. The maximum Gasteiger partial charge on any atom is 0.191 e. The van der Waals surface area contributed by atoms with E-state index in [4.69, 9.17) is 13.9 Å². The van der Waals surface area contributed by atoms with Gasteiger partial charge in [-0.05, 0) is 36.4 Å². The predicted octanol–water partition coefficient (Wildman–Crippen LogP) is 5.13. The molecular weight excluding hydrogens is 304 g/mol. The van der Waals surface area contributed by atoms with Crippen molar-refractivity contribution in [2.45, 2.75) is 77.8 Å². The predicted molar refractivity (Wildman–Crippen MR) is 98.0 cm³/mol. The minimum absolute atomic E-state index is 0.0220. The van der Waals surface area contributed by atoms with Crippen LogP contribution in [0.25, 0.3) is 0 Å². The van der Waals surface area contributed by atoms with Crippen molar-refractivity contribution < 1.29 is 13.9 Å². The highest BCUT2D eigenvalue weighted by atomic mass is 28.4. The summed E-state index contributed by atoms with van der Waals surface area (Å²) in [5.41, 5.74) is -0.0747. The largest absolute Gasteiger partial charge is 0.417 e. The third kappa shape index (κ3) is 2.96. The molecule has 2 aliphatic rings. The molecule has 2 rings (SSSR count). The van der Waals surface area contributed by atoms with Gasteiger partial charge < -0.3 is 13.9 Å². The maximum absolute atomic E-state index is 6.46. The highest BCUT2D eigenvalue weighted by Crippen LogP contribution is 2.63. The van der Waals surface area contributed by atoms with Gasteiger partial charge in [-0.1, -0.05) is 40.7 Å². The van der Waals surface area contributed by atoms with Crippen LogP contribution in [0.4, 0.5) is 0 Å². The van der Waals surface area contributed by atoms with Gasteiger partial charge in [-0.15, -0.1) is 6.58 Å². The van der Waals surface area contributed by atoms with Gasteiger partial charge in [0, 0.05) is 18.4 Å². The van der Waals surface area contributed by atoms with Crippen LogP contribution in [0.2, 0.25) is 18.1 Å². The summed E-state index contributed by atoms with van der Waals surface area (Å²) in [6.07, 6.45) is 5.07. The van der Waals surface area contributed by atoms with Crippen molar-refractivity contribution >= 4 is 8.32 Å². The van der Waals surface area contributed by atoms with E-state index in [0.29, 0.717) is 13.2 Å². The molecule has 4 heteroatoms. The van der Waals surface area contributed by atoms with Crippen LogP contribution in [0.1, 0.15) is 53.9 Å². The van der Waals surface area contributed by atoms with Crippen molar-refractivity contribution in [3.8, 4) is 0 Å². The van der Waals surface area contributed by atoms with Crippen LogP contribution in [0.15, 0.2) is 12.7 Å². The van der Waals surface area contributed by atoms with E-state index in [1.807, 2.05) is 0 Å². The molecule has 134 valence electrons. The SMILES string of the molecule is C=C[C@@]1(C)CCC2(OCCO2)[C@@]1(C)CCO[Si](C)(C)C(C)(C)C. The Morgan fingerprint density at radius 2 is 1.70 bits per heavy atom. The molecule has 1 heterocycles. The Labute approximate surface area is 143 Å². The quantitative estimate of drug-likeness (QED) is 0.513. The van der Waals surface area contributed by atoms with E-state index in [1.165, 1.54) is 0 Å². The van der Waals surface area contributed by atoms with Crippen LogP contribution >= 0.6 is 0 Å². The first-order valence-electron chi connectivity index (χ1n) is 8.99. The zero-order chi connectivity index (χ0) is 17.6. The fourth-order valence-electron chi connectivity index (χ4n) is 3.86. The topological polar surface area (TPSA) is 27.7 Å². The molecule has 0 aromatic heterocycles. The van der Waals surface area contributed by atoms with Gasteiger partial charge in [0.05, 0.1) is 13.2 Å². The van der Waals surface area contributed by atoms with Crippen LogP contribution in [-0.2, 0) is 13.9 Å². The molecule has 0 radical (unpaired) electrons. The lowest BCUT2D eigenvalue weighted by Crippen LogP contribution is -2.51. The first-order chi connectivity index (χ1) is 10.4. The van der Waals surface area contributed by atoms with Crippen LogP contribution in [-0.4, -0.2) is 33.9 Å². The van der Waals surface area contributed by atoms with Gasteiger partial charge in [0.15, 0.2) is 14.1 Å². The molecule has 2 atom stereocenters. The number of ether oxygens (including phenoxy) is 2. The number of rotatable bonds is 5. The summed E-state index contributed by atoms with van der Waals surface area (Å²) in [5, 5.41) is 0.239. The average Bonchev–Trinajstić information content (AvgIpc) is 3.00. The second-order valence-corrected chi connectivity index (χ2v) is 14.1. The van der Waals surface area contributed by atoms with E-state index in [9.17, 15) is 0 Å². The van der Waals surface area contributed by atoms with Gasteiger partial charge in [0.2, 0.25) is 0 Å². The number of allylic oxidation sites excluding steroid dienone is 1. The average molecular weight is 341 g/mol. The lowest BCUT2D eigenvalue weighted by Gasteiger charge is -2.47. The molecule has 23 heavy (non-hydrogen) atoms. The fourth-order valence-corrected chi connectivity index (χ4v) is 4.90. The zero-order valence-corrected chi connectivity index (χ0v) is 17.3. The molecule has 0 bridgehead atoms. The molecule has 0 aromatic rings. The summed E-state index contributed by atoms with van der Waals surface area (Å²) >= 11 is 0. The van der Waals surface area contributed by atoms with Gasteiger partial charge in [0.1, 0.15) is 0 Å². The molecule has 0 amide bonds. The standard InChI is InChI=1S/C19H36O3Si/c1-9-17(5)10-11-19(20-14-15-21-19)18(17,6)12-13-22-23(7,8)16(2,3)4/h9H,1,10-15H2,2-8H3/t17-,18-/m0/s1. The van der Waals surface area contributed by atoms with E-state index in [-0.39, 0.29) is 15.9 Å². The van der Waals surface area contributed by atoms with E-state index in [2.05, 4.69) is 60.4 Å². The molecule has 1 saturated heterocycles. The molecule has 2 fully saturated rings. The van der Waals surface area contributed by atoms with E-state index in [0.717, 1.165) is 25.9 Å². The van der Waals surface area contributed by atoms with Crippen molar-refractivity contribution in [2.24, 2.45) is 10.8 Å². The highest BCUT2D eigenvalue weighted by molar-refractivity contribution is 6.74. The van der Waals surface area contributed by atoms with Gasteiger partial charge in [-0.3, -0.25) is 0 Å². The normalized spacial score (nSPS) is 34.2. The molecule has 1 saturated carbocycles. The van der Waals surface area contributed by atoms with Crippen molar-refractivity contribution in [3.63, 3.8) is 0 Å². The Bertz CT molecular complexity index is 448. The minimum atomic E-state index is -1.72. The monoisotopic (exact) mass is 340 g/mol. The second-order valence-electron chi connectivity index (χ2n) is 9.26. The lowest BCUT2D eigenvalue weighted by atomic mass is 9.64. The van der Waals surface area contributed by atoms with E-state index in [1.54, 1.807) is 0 Å². The van der Waals surface area contributed by atoms with E-state index < -0.39 is 14.1 Å². The molecule has 0 N–H and O–H groups in total. The lowest BCUT2D eigenvalue weighted by molar-refractivity contribution is -0.234. The number of hydrogen-bond acceptors (Lipinski definition) is 3. The van der Waals surface area contributed by atoms with Crippen LogP contribution in [0, 0.1) is 10.8 Å². The Morgan fingerprint density at radius 3 is 2.17 bits per heavy atom. The molecule has 1 spiro atoms. The van der Waals surface area contributed by atoms with Crippen molar-refractivity contribution in [1.82, 2.24) is 0 Å². The van der Waals surface area contributed by atoms with Gasteiger partial charge >= 0.3 is 0 Å². The van der Waals surface area contributed by atoms with Crippen LogP contribution < -0.4 is 0 Å². The van der Waals surface area contributed by atoms with Crippen molar-refractivity contribution in [1.29, 1.82) is 0 Å². The zero-order valence-electron chi connectivity index (χ0n) is 16.3. The first kappa shape index (κ1) is 19.2. The third-order valence-corrected chi connectivity index (χ3v) is 11.7. The summed E-state index contributed by atoms with van der Waals surface area (Å²) in [4.78, 5) is 0. The maximum atomic E-state index is 6.46. The summed E-state index contributed by atoms with van der Waals surface area (Å²) in [7, 11) is -1.72. The molecule has 3 nitrogen and oxygen atoms in total. The highest BCUT2D eigenvalue weighted by Gasteiger charge is 2.65. The van der Waals surface area contributed by atoms with Gasteiger partial charge in [-0.2, -0.15) is 0 Å². The van der Waals surface area contributed by atoms with E-state index >= 15 is 0 Å². The summed E-state index contributed by atoms with van der Waals surface area (Å²) in [6.45, 7) is 22.4. The summed E-state index contributed by atoms with van der Waals surface area (Å²) in [5.74, 6) is -0.452. The van der Waals surface area contributed by atoms with Crippen LogP contribution in [0.3, 0.4) is 0 Å². The fraction of sp³-hybridized carbons (Fsp3) is 0.895. The Kier molecular flexibility index (Phi) is 4.98. The molecular formula is C19H36O3Si. The molecule has 1 aliphatic heterocycles. The minimum Gasteiger partial charge on any atom is -0.417 e. The smallest absolute Gasteiger partial charge is 0.191 e. The van der Waals surface area contributed by atoms with Crippen LogP contribution in [0.5, 0.6) is 0 Å². The van der Waals surface area contributed by atoms with Crippen molar-refractivity contribution in [3.05, 3.63) is 12.7 Å². The molecule has 1 aliphatic carbocycles. The second kappa shape index (κ2) is 5.97. The summed E-state index contributed by atoms with van der Waals surface area (Å²) in [6, 6.07) is 0. The van der Waals surface area contributed by atoms with Crippen molar-refractivity contribution in [2.75, 3.05) is 19.8 Å². The summed E-state index contributed by atoms with van der Waals surface area (Å²) < 4.78 is 18.8. The Hall–Kier alpha value is -0.163. The molecule has 0 unspecified atom stereocenters. The van der Waals surface area contributed by atoms with Gasteiger partial charge in [-0.25, -0.2) is 0 Å².